The Hall–Kier alpha value is -1.60. The lowest BCUT2D eigenvalue weighted by Crippen LogP contribution is -2.31. The van der Waals surface area contributed by atoms with Gasteiger partial charge in [0.1, 0.15) is 0 Å². The molecule has 1 aromatic rings. The molecule has 0 atom stereocenters. The van der Waals surface area contributed by atoms with Crippen LogP contribution in [0.1, 0.15) is 5.56 Å². The maximum Gasteiger partial charge on any atom is 0.304 e. The third-order valence-electron chi connectivity index (χ3n) is 2.53. The summed E-state index contributed by atoms with van der Waals surface area (Å²) in [6.45, 7) is 0.183. The molecule has 3 N–H and O–H groups in total. The Labute approximate surface area is 99.6 Å². The Morgan fingerprint density at radius 2 is 1.94 bits per heavy atom. The van der Waals surface area contributed by atoms with E-state index in [1.54, 1.807) is 12.1 Å². The number of nitrogens with zero attached hydrogens (tertiary/aromatic N) is 1. The summed E-state index contributed by atoms with van der Waals surface area (Å²) in [5.41, 5.74) is 7.19. The lowest BCUT2D eigenvalue weighted by atomic mass is 10.1. The van der Waals surface area contributed by atoms with Crippen molar-refractivity contribution < 1.29 is 13.2 Å². The van der Waals surface area contributed by atoms with Crippen LogP contribution in [-0.2, 0) is 21.4 Å². The van der Waals surface area contributed by atoms with Gasteiger partial charge in [0.05, 0.1) is 6.54 Å². The van der Waals surface area contributed by atoms with Crippen LogP contribution >= 0.6 is 0 Å². The number of nitrogen functional groups attached to an aromatic ring is 1. The van der Waals surface area contributed by atoms with Gasteiger partial charge in [-0.25, -0.2) is 4.72 Å². The van der Waals surface area contributed by atoms with Gasteiger partial charge in [-0.1, -0.05) is 12.1 Å². The zero-order valence-corrected chi connectivity index (χ0v) is 9.90. The molecule has 1 saturated heterocycles. The Morgan fingerprint density at radius 1 is 1.29 bits per heavy atom. The van der Waals surface area contributed by atoms with Crippen molar-refractivity contribution in [3.63, 3.8) is 0 Å². The average molecular weight is 255 g/mol. The van der Waals surface area contributed by atoms with Gasteiger partial charge in [-0.3, -0.25) is 4.79 Å². The number of amides is 1. The van der Waals surface area contributed by atoms with Gasteiger partial charge < -0.3 is 5.73 Å². The van der Waals surface area contributed by atoms with Crippen LogP contribution in [-0.4, -0.2) is 31.7 Å². The van der Waals surface area contributed by atoms with Gasteiger partial charge in [0.2, 0.25) is 5.91 Å². The van der Waals surface area contributed by atoms with Crippen LogP contribution in [0.15, 0.2) is 24.3 Å². The van der Waals surface area contributed by atoms with Gasteiger partial charge in [-0.15, -0.1) is 0 Å². The fourth-order valence-corrected chi connectivity index (χ4v) is 2.72. The van der Waals surface area contributed by atoms with Crippen molar-refractivity contribution in [3.8, 4) is 0 Å². The quantitative estimate of drug-likeness (QED) is 0.711. The first-order chi connectivity index (χ1) is 7.97. The van der Waals surface area contributed by atoms with Gasteiger partial charge in [0.25, 0.3) is 0 Å². The molecular formula is C10H13N3O3S. The molecule has 7 heteroatoms. The standard InChI is InChI=1S/C10H13N3O3S/c11-9-3-1-8(2-4-9)5-6-13-7-10(14)12-17(13,15)16/h1-4H,5-7,11H2,(H,12,14). The Bertz CT molecular complexity index is 524. The van der Waals surface area contributed by atoms with Crippen molar-refractivity contribution in [1.29, 1.82) is 0 Å². The molecule has 1 fully saturated rings. The summed E-state index contributed by atoms with van der Waals surface area (Å²) < 4.78 is 25.9. The van der Waals surface area contributed by atoms with Crippen molar-refractivity contribution in [2.75, 3.05) is 18.8 Å². The molecule has 0 aliphatic carbocycles. The second kappa shape index (κ2) is 4.34. The second-order valence-corrected chi connectivity index (χ2v) is 5.53. The minimum absolute atomic E-state index is 0.0999. The highest BCUT2D eigenvalue weighted by Crippen LogP contribution is 2.10. The fourth-order valence-electron chi connectivity index (χ4n) is 1.62. The molecule has 92 valence electrons. The highest BCUT2D eigenvalue weighted by molar-refractivity contribution is 7.88. The first-order valence-electron chi connectivity index (χ1n) is 5.12. The van der Waals surface area contributed by atoms with Crippen LogP contribution < -0.4 is 10.5 Å². The first kappa shape index (κ1) is 11.9. The minimum atomic E-state index is -3.61. The number of carbonyl (C=O) groups excluding carboxylic acids is 1. The number of benzene rings is 1. The number of rotatable bonds is 3. The highest BCUT2D eigenvalue weighted by Gasteiger charge is 2.33. The van der Waals surface area contributed by atoms with Crippen LogP contribution in [0.2, 0.25) is 0 Å². The number of hydrogen-bond acceptors (Lipinski definition) is 4. The molecule has 1 aliphatic heterocycles. The van der Waals surface area contributed by atoms with E-state index < -0.39 is 16.1 Å². The second-order valence-electron chi connectivity index (χ2n) is 3.86. The van der Waals surface area contributed by atoms with Crippen molar-refractivity contribution in [1.82, 2.24) is 9.03 Å². The van der Waals surface area contributed by atoms with E-state index in [4.69, 9.17) is 5.73 Å². The summed E-state index contributed by atoms with van der Waals surface area (Å²) in [4.78, 5) is 11.0. The summed E-state index contributed by atoms with van der Waals surface area (Å²) in [6.07, 6.45) is 0.550. The first-order valence-corrected chi connectivity index (χ1v) is 6.56. The third kappa shape index (κ3) is 2.75. The van der Waals surface area contributed by atoms with E-state index in [1.165, 1.54) is 0 Å². The number of anilines is 1. The molecule has 0 unspecified atom stereocenters. The van der Waals surface area contributed by atoms with E-state index in [1.807, 2.05) is 16.9 Å². The zero-order valence-electron chi connectivity index (χ0n) is 9.09. The molecule has 0 radical (unpaired) electrons. The van der Waals surface area contributed by atoms with Crippen LogP contribution in [0.25, 0.3) is 0 Å². The van der Waals surface area contributed by atoms with Crippen molar-refractivity contribution in [2.45, 2.75) is 6.42 Å². The summed E-state index contributed by atoms with van der Waals surface area (Å²) >= 11 is 0. The van der Waals surface area contributed by atoms with Crippen molar-refractivity contribution >= 4 is 21.8 Å². The van der Waals surface area contributed by atoms with E-state index in [9.17, 15) is 13.2 Å². The zero-order chi connectivity index (χ0) is 12.5. The van der Waals surface area contributed by atoms with E-state index in [0.717, 1.165) is 9.87 Å². The summed E-state index contributed by atoms with van der Waals surface area (Å²) in [5, 5.41) is 0. The number of hydrogen-bond donors (Lipinski definition) is 2. The predicted octanol–water partition coefficient (Wildman–Crippen LogP) is -0.512. The van der Waals surface area contributed by atoms with Crippen LogP contribution in [0.3, 0.4) is 0 Å². The highest BCUT2D eigenvalue weighted by atomic mass is 32.2. The smallest absolute Gasteiger partial charge is 0.304 e. The SMILES string of the molecule is Nc1ccc(CCN2CC(=O)NS2(=O)=O)cc1. The molecule has 6 nitrogen and oxygen atoms in total. The summed E-state index contributed by atoms with van der Waals surface area (Å²) in [5.74, 6) is -0.484. The number of nitrogens with two attached hydrogens (primary N) is 1. The van der Waals surface area contributed by atoms with Gasteiger partial charge >= 0.3 is 10.2 Å². The summed E-state index contributed by atoms with van der Waals surface area (Å²) in [7, 11) is -3.61. The third-order valence-corrected chi connectivity index (χ3v) is 4.01. The van der Waals surface area contributed by atoms with Crippen LogP contribution in [0.4, 0.5) is 5.69 Å². The van der Waals surface area contributed by atoms with Gasteiger partial charge in [-0.2, -0.15) is 12.7 Å². The molecule has 1 amide bonds. The maximum absolute atomic E-state index is 11.4. The molecule has 17 heavy (non-hydrogen) atoms. The molecule has 0 bridgehead atoms. The molecule has 1 aromatic carbocycles. The van der Waals surface area contributed by atoms with E-state index in [0.29, 0.717) is 12.1 Å². The topological polar surface area (TPSA) is 92.5 Å². The van der Waals surface area contributed by atoms with Gasteiger partial charge in [0, 0.05) is 12.2 Å². The molecule has 0 saturated carbocycles. The number of nitrogens with one attached hydrogen (secondary N) is 1. The maximum atomic E-state index is 11.4. The van der Waals surface area contributed by atoms with Gasteiger partial charge in [-0.05, 0) is 24.1 Å². The monoisotopic (exact) mass is 255 g/mol. The lowest BCUT2D eigenvalue weighted by molar-refractivity contribution is -0.118. The van der Waals surface area contributed by atoms with Crippen molar-refractivity contribution in [3.05, 3.63) is 29.8 Å². The minimum Gasteiger partial charge on any atom is -0.399 e. The Balaban J connectivity index is 1.99. The lowest BCUT2D eigenvalue weighted by Gasteiger charge is -2.11. The molecular weight excluding hydrogens is 242 g/mol. The summed E-state index contributed by atoms with van der Waals surface area (Å²) in [6, 6.07) is 7.20. The number of carbonyl (C=O) groups is 1. The fraction of sp³-hybridized carbons (Fsp3) is 0.300. The Morgan fingerprint density at radius 3 is 2.47 bits per heavy atom. The van der Waals surface area contributed by atoms with E-state index >= 15 is 0 Å². The molecule has 1 heterocycles. The Kier molecular flexibility index (Phi) is 3.03. The van der Waals surface area contributed by atoms with E-state index in [-0.39, 0.29) is 13.1 Å². The average Bonchev–Trinajstić information content (AvgIpc) is 2.51. The van der Waals surface area contributed by atoms with Crippen molar-refractivity contribution in [2.24, 2.45) is 0 Å². The van der Waals surface area contributed by atoms with Crippen LogP contribution in [0.5, 0.6) is 0 Å². The molecule has 0 aromatic heterocycles. The van der Waals surface area contributed by atoms with Gasteiger partial charge in [0.15, 0.2) is 0 Å². The molecule has 2 rings (SSSR count). The van der Waals surface area contributed by atoms with E-state index in [2.05, 4.69) is 0 Å². The van der Waals surface area contributed by atoms with Crippen LogP contribution in [0, 0.1) is 0 Å². The predicted molar refractivity (Wildman–Crippen MR) is 63.2 cm³/mol. The largest absolute Gasteiger partial charge is 0.399 e. The molecule has 1 aliphatic rings. The molecule has 0 spiro atoms. The normalized spacial score (nSPS) is 19.2.